The van der Waals surface area contributed by atoms with Crippen molar-refractivity contribution in [3.63, 3.8) is 0 Å². The van der Waals surface area contributed by atoms with Crippen molar-refractivity contribution in [3.8, 4) is 56.0 Å². The quantitative estimate of drug-likeness (QED) is 0.123. The summed E-state index contributed by atoms with van der Waals surface area (Å²) in [6.45, 7) is 10.4. The van der Waals surface area contributed by atoms with Crippen LogP contribution in [0.4, 0.5) is 0 Å². The average Bonchev–Trinajstić information content (AvgIpc) is 3.95. The maximum Gasteiger partial charge on any atom is 0.162 e. The van der Waals surface area contributed by atoms with Gasteiger partial charge in [-0.1, -0.05) is 84.9 Å². The molecule has 0 radical (unpaired) electrons. The fourth-order valence-electron chi connectivity index (χ4n) is 7.41. The average molecular weight is 801 g/mol. The van der Waals surface area contributed by atoms with E-state index in [9.17, 15) is 0 Å². The zero-order valence-electron chi connectivity index (χ0n) is 33.6. The van der Waals surface area contributed by atoms with Crippen LogP contribution in [-0.4, -0.2) is 118 Å². The third-order valence-electron chi connectivity index (χ3n) is 10.8. The van der Waals surface area contributed by atoms with Crippen LogP contribution >= 0.6 is 0 Å². The summed E-state index contributed by atoms with van der Waals surface area (Å²) in [5.41, 5.74) is 10.2. The van der Waals surface area contributed by atoms with Crippen molar-refractivity contribution < 1.29 is 18.9 Å². The molecule has 12 nitrogen and oxygen atoms in total. The van der Waals surface area contributed by atoms with Crippen LogP contribution in [0.5, 0.6) is 11.5 Å². The Morgan fingerprint density at radius 3 is 1.23 bits per heavy atom. The van der Waals surface area contributed by atoms with Crippen molar-refractivity contribution >= 4 is 11.3 Å². The Hall–Kier alpha value is -6.44. The van der Waals surface area contributed by atoms with Gasteiger partial charge < -0.3 is 18.9 Å². The summed E-state index contributed by atoms with van der Waals surface area (Å²) in [5, 5.41) is 9.00. The molecule has 2 fully saturated rings. The Bertz CT molecular complexity index is 2390. The molecular weight excluding hydrogens is 753 g/mol. The highest BCUT2D eigenvalue weighted by Gasteiger charge is 2.13. The minimum absolute atomic E-state index is 0.683. The maximum atomic E-state index is 5.91. The van der Waals surface area contributed by atoms with Crippen molar-refractivity contribution in [1.82, 2.24) is 39.0 Å². The molecule has 0 aliphatic carbocycles. The Morgan fingerprint density at radius 1 is 0.433 bits per heavy atom. The van der Waals surface area contributed by atoms with Crippen LogP contribution in [0, 0.1) is 0 Å². The first-order valence-electron chi connectivity index (χ1n) is 20.6. The second kappa shape index (κ2) is 19.1. The molecule has 0 atom stereocenters. The zero-order valence-corrected chi connectivity index (χ0v) is 33.6. The molecule has 60 heavy (non-hydrogen) atoms. The SMILES string of the molecule is c1ccc(-c2cnn3cc(-c4ccc(OCCN5CCOCC5)cc4)cnc23)cc1.c1ccc(-c2cnn3cc(-c4ccc(OCCN5CCOCC5)cc4)cnc23)cc1. The number of hydrogen-bond acceptors (Lipinski definition) is 10. The molecule has 4 aromatic heterocycles. The van der Waals surface area contributed by atoms with Gasteiger partial charge in [0.05, 0.1) is 38.8 Å². The lowest BCUT2D eigenvalue weighted by molar-refractivity contribution is 0.0321. The fourth-order valence-corrected chi connectivity index (χ4v) is 7.41. The molecule has 8 aromatic rings. The maximum absolute atomic E-state index is 5.91. The van der Waals surface area contributed by atoms with E-state index < -0.39 is 0 Å². The molecule has 2 saturated heterocycles. The third kappa shape index (κ3) is 9.54. The largest absolute Gasteiger partial charge is 0.492 e. The normalized spacial score (nSPS) is 14.8. The highest BCUT2D eigenvalue weighted by molar-refractivity contribution is 5.79. The molecule has 0 spiro atoms. The number of ether oxygens (including phenoxy) is 4. The van der Waals surface area contributed by atoms with Crippen LogP contribution in [0.2, 0.25) is 0 Å². The number of hydrogen-bond donors (Lipinski definition) is 0. The highest BCUT2D eigenvalue weighted by Crippen LogP contribution is 2.28. The minimum atomic E-state index is 0.683. The van der Waals surface area contributed by atoms with E-state index in [1.165, 1.54) is 0 Å². The molecule has 0 bridgehead atoms. The van der Waals surface area contributed by atoms with E-state index in [4.69, 9.17) is 18.9 Å². The summed E-state index contributed by atoms with van der Waals surface area (Å²) in [6, 6.07) is 36.7. The van der Waals surface area contributed by atoms with E-state index in [1.807, 2.05) is 107 Å². The lowest BCUT2D eigenvalue weighted by atomic mass is 10.1. The molecular formula is C48H48N8O4. The molecule has 10 rings (SSSR count). The van der Waals surface area contributed by atoms with Crippen LogP contribution in [0.3, 0.4) is 0 Å². The predicted molar refractivity (Wildman–Crippen MR) is 233 cm³/mol. The first-order valence-corrected chi connectivity index (χ1v) is 20.6. The summed E-state index contributed by atoms with van der Waals surface area (Å²) in [7, 11) is 0. The summed E-state index contributed by atoms with van der Waals surface area (Å²) in [6.07, 6.45) is 11.6. The number of morpholine rings is 2. The smallest absolute Gasteiger partial charge is 0.162 e. The molecule has 2 aliphatic rings. The first kappa shape index (κ1) is 39.0. The molecule has 304 valence electrons. The minimum Gasteiger partial charge on any atom is -0.492 e. The van der Waals surface area contributed by atoms with Gasteiger partial charge in [-0.25, -0.2) is 19.0 Å². The van der Waals surface area contributed by atoms with E-state index in [-0.39, 0.29) is 0 Å². The third-order valence-corrected chi connectivity index (χ3v) is 10.8. The monoisotopic (exact) mass is 800 g/mol. The summed E-state index contributed by atoms with van der Waals surface area (Å²) >= 11 is 0. The van der Waals surface area contributed by atoms with Crippen molar-refractivity contribution in [2.75, 3.05) is 78.9 Å². The van der Waals surface area contributed by atoms with E-state index in [0.29, 0.717) is 13.2 Å². The summed E-state index contributed by atoms with van der Waals surface area (Å²) < 4.78 is 26.2. The molecule has 2 aliphatic heterocycles. The number of rotatable bonds is 12. The molecule has 4 aromatic carbocycles. The van der Waals surface area contributed by atoms with E-state index >= 15 is 0 Å². The summed E-state index contributed by atoms with van der Waals surface area (Å²) in [5.74, 6) is 1.76. The summed E-state index contributed by atoms with van der Waals surface area (Å²) in [4.78, 5) is 14.1. The van der Waals surface area contributed by atoms with Crippen molar-refractivity contribution in [1.29, 1.82) is 0 Å². The highest BCUT2D eigenvalue weighted by atomic mass is 16.5. The van der Waals surface area contributed by atoms with Gasteiger partial charge in [-0.15, -0.1) is 0 Å². The zero-order chi connectivity index (χ0) is 40.4. The van der Waals surface area contributed by atoms with Gasteiger partial charge in [-0.2, -0.15) is 10.2 Å². The van der Waals surface area contributed by atoms with Crippen molar-refractivity contribution in [2.45, 2.75) is 0 Å². The Kier molecular flexibility index (Phi) is 12.4. The van der Waals surface area contributed by atoms with Crippen molar-refractivity contribution in [2.24, 2.45) is 0 Å². The molecule has 12 heteroatoms. The van der Waals surface area contributed by atoms with Gasteiger partial charge in [0, 0.05) is 86.3 Å². The van der Waals surface area contributed by atoms with Gasteiger partial charge >= 0.3 is 0 Å². The Morgan fingerprint density at radius 2 is 0.833 bits per heavy atom. The van der Waals surface area contributed by atoms with Crippen LogP contribution in [0.15, 0.2) is 146 Å². The second-order valence-electron chi connectivity index (χ2n) is 14.7. The van der Waals surface area contributed by atoms with Gasteiger partial charge in [0.15, 0.2) is 11.3 Å². The van der Waals surface area contributed by atoms with Crippen LogP contribution < -0.4 is 9.47 Å². The fraction of sp³-hybridized carbons (Fsp3) is 0.250. The standard InChI is InChI=1S/2C24H24N4O2/c2*1-2-4-20(5-3-1)23-17-26-28-18-21(16-25-24(23)28)19-6-8-22(9-7-19)30-15-12-27-10-13-29-14-11-27/h2*1-9,16-18H,10-15H2. The molecule has 0 N–H and O–H groups in total. The number of aromatic nitrogens is 6. The topological polar surface area (TPSA) is 104 Å². The Balaban J connectivity index is 0.000000154. The van der Waals surface area contributed by atoms with Gasteiger partial charge in [0.2, 0.25) is 0 Å². The number of fused-ring (bicyclic) bond motifs is 2. The Labute approximate surface area is 349 Å². The second-order valence-corrected chi connectivity index (χ2v) is 14.7. The van der Waals surface area contributed by atoms with Gasteiger partial charge in [0.25, 0.3) is 0 Å². The van der Waals surface area contributed by atoms with Gasteiger partial charge in [0.1, 0.15) is 24.7 Å². The molecule has 0 amide bonds. The predicted octanol–water partition coefficient (Wildman–Crippen LogP) is 7.55. The van der Waals surface area contributed by atoms with Gasteiger partial charge in [-0.3, -0.25) is 9.80 Å². The molecule has 6 heterocycles. The van der Waals surface area contributed by atoms with E-state index in [1.54, 1.807) is 0 Å². The van der Waals surface area contributed by atoms with Crippen LogP contribution in [-0.2, 0) is 9.47 Å². The first-order chi connectivity index (χ1) is 29.7. The van der Waals surface area contributed by atoms with E-state index in [2.05, 4.69) is 78.5 Å². The lowest BCUT2D eigenvalue weighted by Gasteiger charge is -2.26. The molecule has 0 saturated carbocycles. The van der Waals surface area contributed by atoms with Gasteiger partial charge in [-0.05, 0) is 46.5 Å². The van der Waals surface area contributed by atoms with Crippen molar-refractivity contribution in [3.05, 3.63) is 146 Å². The lowest BCUT2D eigenvalue weighted by Crippen LogP contribution is -2.38. The van der Waals surface area contributed by atoms with Crippen LogP contribution in [0.1, 0.15) is 0 Å². The van der Waals surface area contributed by atoms with E-state index in [0.717, 1.165) is 133 Å². The molecule has 0 unspecified atom stereocenters. The van der Waals surface area contributed by atoms with Crippen LogP contribution in [0.25, 0.3) is 55.8 Å². The number of nitrogens with zero attached hydrogens (tertiary/aromatic N) is 8. The number of benzene rings is 4.